The normalized spacial score (nSPS) is 17.4. The molecule has 37 heavy (non-hydrogen) atoms. The van der Waals surface area contributed by atoms with Crippen LogP contribution in [0.15, 0.2) is 48.5 Å². The third kappa shape index (κ3) is 5.42. The first-order chi connectivity index (χ1) is 17.8. The fourth-order valence-corrected chi connectivity index (χ4v) is 6.27. The highest BCUT2D eigenvalue weighted by Crippen LogP contribution is 2.50. The van der Waals surface area contributed by atoms with Crippen LogP contribution < -0.4 is 9.47 Å². The van der Waals surface area contributed by atoms with Crippen molar-refractivity contribution in [1.82, 2.24) is 4.37 Å². The Balaban J connectivity index is 1.47. The van der Waals surface area contributed by atoms with Crippen molar-refractivity contribution in [3.05, 3.63) is 71.2 Å². The molecule has 1 aromatic heterocycles. The summed E-state index contributed by atoms with van der Waals surface area (Å²) in [6.07, 6.45) is 6.49. The van der Waals surface area contributed by atoms with Crippen molar-refractivity contribution in [2.75, 3.05) is 7.11 Å². The van der Waals surface area contributed by atoms with Crippen LogP contribution >= 0.6 is 11.5 Å². The number of rotatable bonds is 10. The maximum absolute atomic E-state index is 15.0. The van der Waals surface area contributed by atoms with E-state index in [-0.39, 0.29) is 30.2 Å². The Bertz CT molecular complexity index is 1340. The summed E-state index contributed by atoms with van der Waals surface area (Å²) < 4.78 is 31.4. The van der Waals surface area contributed by atoms with Crippen LogP contribution in [0.3, 0.4) is 0 Å². The van der Waals surface area contributed by atoms with Gasteiger partial charge in [-0.3, -0.25) is 4.79 Å². The van der Waals surface area contributed by atoms with Crippen LogP contribution in [-0.4, -0.2) is 22.6 Å². The van der Waals surface area contributed by atoms with E-state index in [1.54, 1.807) is 19.2 Å². The second kappa shape index (κ2) is 10.3. The topological polar surface area (TPSA) is 68.7 Å². The summed E-state index contributed by atoms with van der Waals surface area (Å²) in [5.41, 5.74) is 4.30. The highest BCUT2D eigenvalue weighted by Gasteiger charge is 2.35. The van der Waals surface area contributed by atoms with Crippen LogP contribution in [0.4, 0.5) is 4.39 Å². The number of aliphatic carboxylic acids is 1. The summed E-state index contributed by atoms with van der Waals surface area (Å²) in [4.78, 5) is 12.2. The van der Waals surface area contributed by atoms with Gasteiger partial charge in [0.1, 0.15) is 23.9 Å². The van der Waals surface area contributed by atoms with Crippen molar-refractivity contribution >= 4 is 23.1 Å². The molecule has 0 radical (unpaired) electrons. The lowest BCUT2D eigenvalue weighted by molar-refractivity contribution is -0.137. The number of ether oxygens (including phenoxy) is 2. The van der Waals surface area contributed by atoms with Gasteiger partial charge in [0.05, 0.1) is 24.1 Å². The molecular formula is C30H32FNO4S. The third-order valence-corrected chi connectivity index (χ3v) is 8.46. The van der Waals surface area contributed by atoms with Gasteiger partial charge in [-0.25, -0.2) is 4.39 Å². The van der Waals surface area contributed by atoms with Crippen LogP contribution in [0.5, 0.6) is 11.5 Å². The van der Waals surface area contributed by atoms with Crippen LogP contribution in [0.25, 0.3) is 16.0 Å². The highest BCUT2D eigenvalue weighted by molar-refractivity contribution is 7.10. The Hall–Kier alpha value is -3.19. The number of nitrogens with zero attached hydrogens (tertiary/aromatic N) is 1. The Kier molecular flexibility index (Phi) is 7.08. The van der Waals surface area contributed by atoms with Crippen molar-refractivity contribution in [2.45, 2.75) is 58.5 Å². The molecule has 0 spiro atoms. The Morgan fingerprint density at radius 3 is 2.70 bits per heavy atom. The fourth-order valence-electron chi connectivity index (χ4n) is 5.35. The van der Waals surface area contributed by atoms with Gasteiger partial charge in [-0.2, -0.15) is 4.37 Å². The average molecular weight is 522 g/mol. The lowest BCUT2D eigenvalue weighted by atomic mass is 9.81. The van der Waals surface area contributed by atoms with Gasteiger partial charge >= 0.3 is 5.97 Å². The summed E-state index contributed by atoms with van der Waals surface area (Å²) in [6.45, 7) is 4.66. The summed E-state index contributed by atoms with van der Waals surface area (Å²) in [5, 5.41) is 9.39. The van der Waals surface area contributed by atoms with E-state index < -0.39 is 5.97 Å². The minimum Gasteiger partial charge on any atom is -0.497 e. The maximum Gasteiger partial charge on any atom is 0.303 e. The third-order valence-electron chi connectivity index (χ3n) is 7.54. The SMILES string of the molecule is COc1ccc(F)c(-c2snc(COc3cccc([C@@H](CC(=O)O)C4CC4)c3)c2C2=CCCC2(C)C)c1. The molecule has 0 saturated heterocycles. The zero-order valence-electron chi connectivity index (χ0n) is 21.4. The zero-order chi connectivity index (χ0) is 26.2. The van der Waals surface area contributed by atoms with Gasteiger partial charge in [-0.1, -0.05) is 32.1 Å². The van der Waals surface area contributed by atoms with Gasteiger partial charge in [-0.15, -0.1) is 0 Å². The van der Waals surface area contributed by atoms with Crippen molar-refractivity contribution in [3.63, 3.8) is 0 Å². The molecule has 7 heteroatoms. The molecule has 1 saturated carbocycles. The van der Waals surface area contributed by atoms with Gasteiger partial charge in [-0.05, 0) is 95.9 Å². The van der Waals surface area contributed by atoms with Gasteiger partial charge in [0.15, 0.2) is 0 Å². The lowest BCUT2D eigenvalue weighted by Gasteiger charge is -2.24. The molecule has 0 aliphatic heterocycles. The van der Waals surface area contributed by atoms with E-state index >= 15 is 4.39 Å². The second-order valence-corrected chi connectivity index (χ2v) is 11.4. The molecule has 3 aromatic rings. The predicted octanol–water partition coefficient (Wildman–Crippen LogP) is 7.71. The van der Waals surface area contributed by atoms with Crippen molar-refractivity contribution in [1.29, 1.82) is 0 Å². The standard InChI is InChI=1S/C30H32FNO4S/c1-30(2)13-5-8-24(30)28-26(32-37-29(28)23-15-20(35-3)11-12-25(23)31)17-36-21-7-4-6-19(14-21)22(16-27(33)34)18-9-10-18/h4,6-8,11-12,14-15,18,22H,5,9-10,13,16-17H2,1-3H3,(H,33,34)/t22-/m0/s1. The van der Waals surface area contributed by atoms with Gasteiger partial charge in [0.2, 0.25) is 0 Å². The van der Waals surface area contributed by atoms with Crippen LogP contribution in [-0.2, 0) is 11.4 Å². The van der Waals surface area contributed by atoms with E-state index in [9.17, 15) is 9.90 Å². The summed E-state index contributed by atoms with van der Waals surface area (Å²) in [6, 6.07) is 12.5. The Morgan fingerprint density at radius 1 is 1.22 bits per heavy atom. The number of aromatic nitrogens is 1. The quantitative estimate of drug-likeness (QED) is 0.296. The van der Waals surface area contributed by atoms with E-state index in [0.717, 1.165) is 47.4 Å². The number of carboxylic acid groups (broad SMARTS) is 1. The van der Waals surface area contributed by atoms with E-state index in [4.69, 9.17) is 13.8 Å². The number of methoxy groups -OCH3 is 1. The summed E-state index contributed by atoms with van der Waals surface area (Å²) >= 11 is 1.28. The molecule has 5 rings (SSSR count). The van der Waals surface area contributed by atoms with Gasteiger partial charge < -0.3 is 14.6 Å². The number of benzene rings is 2. The predicted molar refractivity (Wildman–Crippen MR) is 144 cm³/mol. The number of halogens is 1. The molecular weight excluding hydrogens is 489 g/mol. The summed E-state index contributed by atoms with van der Waals surface area (Å²) in [5.74, 6) is 0.612. The molecule has 2 aliphatic rings. The first-order valence-corrected chi connectivity index (χ1v) is 13.5. The number of allylic oxidation sites excluding steroid dienone is 2. The molecule has 2 aliphatic carbocycles. The largest absolute Gasteiger partial charge is 0.497 e. The first-order valence-electron chi connectivity index (χ1n) is 12.7. The number of hydrogen-bond acceptors (Lipinski definition) is 5. The molecule has 5 nitrogen and oxygen atoms in total. The van der Waals surface area contributed by atoms with Gasteiger partial charge in [0, 0.05) is 11.1 Å². The smallest absolute Gasteiger partial charge is 0.303 e. The first kappa shape index (κ1) is 25.5. The second-order valence-electron chi connectivity index (χ2n) is 10.6. The molecule has 0 amide bonds. The fraction of sp³-hybridized carbons (Fsp3) is 0.400. The molecule has 2 aromatic carbocycles. The van der Waals surface area contributed by atoms with Crippen molar-refractivity contribution < 1.29 is 23.8 Å². The van der Waals surface area contributed by atoms with Crippen LogP contribution in [0.1, 0.15) is 68.7 Å². The molecule has 1 N–H and O–H groups in total. The number of hydrogen-bond donors (Lipinski definition) is 1. The van der Waals surface area contributed by atoms with Crippen LogP contribution in [0.2, 0.25) is 0 Å². The molecule has 0 unspecified atom stereocenters. The maximum atomic E-state index is 15.0. The molecule has 1 fully saturated rings. The molecule has 194 valence electrons. The van der Waals surface area contributed by atoms with Crippen molar-refractivity contribution in [3.8, 4) is 21.9 Å². The lowest BCUT2D eigenvalue weighted by Crippen LogP contribution is -2.11. The minimum atomic E-state index is -0.778. The monoisotopic (exact) mass is 521 g/mol. The number of carboxylic acids is 1. The minimum absolute atomic E-state index is 0.00275. The number of carbonyl (C=O) groups is 1. The van der Waals surface area contributed by atoms with E-state index in [1.165, 1.54) is 23.2 Å². The molecule has 1 atom stereocenters. The van der Waals surface area contributed by atoms with Gasteiger partial charge in [0.25, 0.3) is 0 Å². The van der Waals surface area contributed by atoms with E-state index in [0.29, 0.717) is 23.0 Å². The van der Waals surface area contributed by atoms with Crippen molar-refractivity contribution in [2.24, 2.45) is 11.3 Å². The molecule has 0 bridgehead atoms. The Morgan fingerprint density at radius 2 is 2.03 bits per heavy atom. The van der Waals surface area contributed by atoms with E-state index in [1.807, 2.05) is 24.3 Å². The average Bonchev–Trinajstić information content (AvgIpc) is 3.54. The summed E-state index contributed by atoms with van der Waals surface area (Å²) in [7, 11) is 1.57. The molecule has 1 heterocycles. The Labute approximate surface area is 221 Å². The van der Waals surface area contributed by atoms with E-state index in [2.05, 4.69) is 19.9 Å². The van der Waals surface area contributed by atoms with Crippen LogP contribution in [0, 0.1) is 17.2 Å². The highest BCUT2D eigenvalue weighted by atomic mass is 32.1. The zero-order valence-corrected chi connectivity index (χ0v) is 22.2.